The average molecular weight is 490 g/mol. The zero-order chi connectivity index (χ0) is 25.8. The smallest absolute Gasteiger partial charge is 0.399 e. The molecule has 0 spiro atoms. The predicted octanol–water partition coefficient (Wildman–Crippen LogP) is 4.76. The second-order valence-corrected chi connectivity index (χ2v) is 11.6. The standard InChI is InChI=1S/C29H36BFN2O3/c1-18(2)27(34)32-22-11-13-26-24(16-22)23-15-20(30-35-28(3,4)29(5,6)36-30)10-12-25(23)33(26)17-19-8-7-9-21(31)14-19/h7-10,12,14-15,18,22H,11,13,16-17H2,1-6H3,(H,32,34). The summed E-state index contributed by atoms with van der Waals surface area (Å²) in [6.07, 6.45) is 2.51. The summed E-state index contributed by atoms with van der Waals surface area (Å²) in [5.74, 6) is -0.183. The first kappa shape index (κ1) is 25.0. The summed E-state index contributed by atoms with van der Waals surface area (Å²) in [5, 5.41) is 4.38. The molecule has 5 nitrogen and oxygen atoms in total. The minimum atomic E-state index is -0.443. The van der Waals surface area contributed by atoms with Crippen LogP contribution in [0.25, 0.3) is 10.9 Å². The first-order valence-electron chi connectivity index (χ1n) is 13.0. The number of nitrogens with zero attached hydrogens (tertiary/aromatic N) is 1. The van der Waals surface area contributed by atoms with Crippen molar-refractivity contribution in [3.63, 3.8) is 0 Å². The number of hydrogen-bond acceptors (Lipinski definition) is 3. The minimum absolute atomic E-state index is 0.0457. The number of carbonyl (C=O) groups excluding carboxylic acids is 1. The maximum atomic E-state index is 14.0. The molecule has 7 heteroatoms. The fraction of sp³-hybridized carbons (Fsp3) is 0.483. The molecule has 2 heterocycles. The van der Waals surface area contributed by atoms with Crippen LogP contribution in [0.1, 0.15) is 64.8 Å². The minimum Gasteiger partial charge on any atom is -0.399 e. The largest absolute Gasteiger partial charge is 0.494 e. The van der Waals surface area contributed by atoms with Gasteiger partial charge in [-0.2, -0.15) is 0 Å². The van der Waals surface area contributed by atoms with E-state index in [9.17, 15) is 9.18 Å². The van der Waals surface area contributed by atoms with E-state index in [2.05, 4.69) is 55.8 Å². The van der Waals surface area contributed by atoms with Crippen molar-refractivity contribution in [2.75, 3.05) is 0 Å². The van der Waals surface area contributed by atoms with Crippen LogP contribution in [0.4, 0.5) is 4.39 Å². The summed E-state index contributed by atoms with van der Waals surface area (Å²) in [4.78, 5) is 12.4. The molecule has 1 aromatic heterocycles. The molecule has 1 atom stereocenters. The van der Waals surface area contributed by atoms with Gasteiger partial charge < -0.3 is 19.2 Å². The van der Waals surface area contributed by atoms with Crippen molar-refractivity contribution in [1.29, 1.82) is 0 Å². The first-order valence-corrected chi connectivity index (χ1v) is 13.0. The van der Waals surface area contributed by atoms with Gasteiger partial charge in [0.15, 0.2) is 0 Å². The second kappa shape index (κ2) is 9.03. The predicted molar refractivity (Wildman–Crippen MR) is 142 cm³/mol. The van der Waals surface area contributed by atoms with Crippen LogP contribution >= 0.6 is 0 Å². The van der Waals surface area contributed by atoms with Crippen molar-refractivity contribution in [3.8, 4) is 0 Å². The summed E-state index contributed by atoms with van der Waals surface area (Å²) in [5.41, 5.74) is 4.71. The van der Waals surface area contributed by atoms with Crippen molar-refractivity contribution in [1.82, 2.24) is 9.88 Å². The molecular formula is C29H36BFN2O3. The normalized spacial score (nSPS) is 20.7. The monoisotopic (exact) mass is 490 g/mol. The molecule has 190 valence electrons. The van der Waals surface area contributed by atoms with Crippen LogP contribution < -0.4 is 10.8 Å². The second-order valence-electron chi connectivity index (χ2n) is 11.6. The average Bonchev–Trinajstić information content (AvgIpc) is 3.22. The molecule has 1 amide bonds. The lowest BCUT2D eigenvalue weighted by Gasteiger charge is -2.32. The summed E-state index contributed by atoms with van der Waals surface area (Å²) in [6.45, 7) is 12.7. The fourth-order valence-electron chi connectivity index (χ4n) is 5.28. The summed E-state index contributed by atoms with van der Waals surface area (Å²) < 4.78 is 28.9. The molecule has 1 N–H and O–H groups in total. The van der Waals surface area contributed by atoms with Crippen LogP contribution in [0.5, 0.6) is 0 Å². The van der Waals surface area contributed by atoms with E-state index in [4.69, 9.17) is 9.31 Å². The number of amides is 1. The van der Waals surface area contributed by atoms with Crippen LogP contribution in [0, 0.1) is 11.7 Å². The Morgan fingerprint density at radius 1 is 1.14 bits per heavy atom. The third-order valence-corrected chi connectivity index (χ3v) is 8.12. The molecule has 1 saturated heterocycles. The molecule has 0 radical (unpaired) electrons. The number of nitrogens with one attached hydrogen (secondary N) is 1. The number of halogens is 1. The van der Waals surface area contributed by atoms with Gasteiger partial charge in [0.1, 0.15) is 5.82 Å². The number of benzene rings is 2. The first-order chi connectivity index (χ1) is 16.9. The molecule has 36 heavy (non-hydrogen) atoms. The highest BCUT2D eigenvalue weighted by Gasteiger charge is 2.51. The number of hydrogen-bond donors (Lipinski definition) is 1. The zero-order valence-electron chi connectivity index (χ0n) is 22.2. The molecule has 2 aliphatic rings. The highest BCUT2D eigenvalue weighted by Crippen LogP contribution is 2.38. The Morgan fingerprint density at radius 2 is 1.86 bits per heavy atom. The van der Waals surface area contributed by atoms with Crippen molar-refractivity contribution >= 4 is 29.4 Å². The lowest BCUT2D eigenvalue weighted by Crippen LogP contribution is -2.41. The molecule has 0 bridgehead atoms. The summed E-state index contributed by atoms with van der Waals surface area (Å²) in [7, 11) is -0.443. The van der Waals surface area contributed by atoms with E-state index in [0.717, 1.165) is 41.2 Å². The Labute approximate surface area is 213 Å². The van der Waals surface area contributed by atoms with Crippen molar-refractivity contribution < 1.29 is 18.5 Å². The van der Waals surface area contributed by atoms with Gasteiger partial charge in [-0.1, -0.05) is 38.1 Å². The fourth-order valence-corrected chi connectivity index (χ4v) is 5.28. The van der Waals surface area contributed by atoms with Crippen LogP contribution in [0.3, 0.4) is 0 Å². The van der Waals surface area contributed by atoms with Gasteiger partial charge in [-0.15, -0.1) is 0 Å². The molecule has 0 saturated carbocycles. The number of rotatable bonds is 5. The third-order valence-electron chi connectivity index (χ3n) is 8.12. The molecule has 1 fully saturated rings. The molecule has 1 unspecified atom stereocenters. The van der Waals surface area contributed by atoms with Crippen molar-refractivity contribution in [2.24, 2.45) is 5.92 Å². The highest BCUT2D eigenvalue weighted by molar-refractivity contribution is 6.62. The lowest BCUT2D eigenvalue weighted by atomic mass is 9.78. The van der Waals surface area contributed by atoms with E-state index in [1.54, 1.807) is 12.1 Å². The van der Waals surface area contributed by atoms with Gasteiger partial charge in [0.25, 0.3) is 0 Å². The van der Waals surface area contributed by atoms with E-state index in [1.807, 2.05) is 19.9 Å². The Balaban J connectivity index is 1.56. The topological polar surface area (TPSA) is 52.5 Å². The van der Waals surface area contributed by atoms with E-state index in [1.165, 1.54) is 17.3 Å². The summed E-state index contributed by atoms with van der Waals surface area (Å²) >= 11 is 0. The Morgan fingerprint density at radius 3 is 2.53 bits per heavy atom. The van der Waals surface area contributed by atoms with Crippen LogP contribution in [0.2, 0.25) is 0 Å². The van der Waals surface area contributed by atoms with Gasteiger partial charge in [0.05, 0.1) is 11.2 Å². The number of aromatic nitrogens is 1. The highest BCUT2D eigenvalue weighted by atomic mass is 19.1. The SMILES string of the molecule is CC(C)C(=O)NC1CCc2c(c3cc(B4OC(C)(C)C(C)(C)O4)ccc3n2Cc2cccc(F)c2)C1. The Kier molecular flexibility index (Phi) is 6.28. The van der Waals surface area contributed by atoms with Gasteiger partial charge in [0.2, 0.25) is 5.91 Å². The number of fused-ring (bicyclic) bond motifs is 3. The van der Waals surface area contributed by atoms with E-state index < -0.39 is 18.3 Å². The van der Waals surface area contributed by atoms with E-state index >= 15 is 0 Å². The number of carbonyl (C=O) groups is 1. The van der Waals surface area contributed by atoms with Crippen molar-refractivity contribution in [3.05, 3.63) is 65.1 Å². The van der Waals surface area contributed by atoms with Crippen molar-refractivity contribution in [2.45, 2.75) is 84.6 Å². The Hall–Kier alpha value is -2.64. The van der Waals surface area contributed by atoms with Gasteiger partial charge in [0, 0.05) is 35.1 Å². The molecule has 1 aliphatic heterocycles. The van der Waals surface area contributed by atoms with Gasteiger partial charge >= 0.3 is 7.12 Å². The maximum absolute atomic E-state index is 14.0. The molecule has 2 aromatic carbocycles. The van der Waals surface area contributed by atoms with Gasteiger partial charge in [-0.25, -0.2) is 4.39 Å². The molecule has 1 aliphatic carbocycles. The maximum Gasteiger partial charge on any atom is 0.494 e. The van der Waals surface area contributed by atoms with E-state index in [0.29, 0.717) is 6.54 Å². The van der Waals surface area contributed by atoms with Gasteiger partial charge in [-0.05, 0) is 81.7 Å². The molecular weight excluding hydrogens is 454 g/mol. The quantitative estimate of drug-likeness (QED) is 0.525. The molecule has 5 rings (SSSR count). The van der Waals surface area contributed by atoms with E-state index in [-0.39, 0.29) is 23.7 Å². The molecule has 3 aromatic rings. The third kappa shape index (κ3) is 4.48. The van der Waals surface area contributed by atoms with Crippen LogP contribution in [-0.4, -0.2) is 34.8 Å². The van der Waals surface area contributed by atoms with Gasteiger partial charge in [-0.3, -0.25) is 4.79 Å². The van der Waals surface area contributed by atoms with Crippen LogP contribution in [-0.2, 0) is 33.5 Å². The summed E-state index contributed by atoms with van der Waals surface area (Å²) in [6, 6.07) is 13.3. The zero-order valence-corrected chi connectivity index (χ0v) is 22.2. The Bertz CT molecular complexity index is 1300. The lowest BCUT2D eigenvalue weighted by molar-refractivity contribution is -0.124. The van der Waals surface area contributed by atoms with Crippen LogP contribution in [0.15, 0.2) is 42.5 Å².